The van der Waals surface area contributed by atoms with Gasteiger partial charge in [0.05, 0.1) is 11.2 Å². The Labute approximate surface area is 116 Å². The lowest BCUT2D eigenvalue weighted by Crippen LogP contribution is -1.96. The molecule has 100 valence electrons. The molecule has 0 spiro atoms. The van der Waals surface area contributed by atoms with Gasteiger partial charge in [-0.3, -0.25) is 4.98 Å². The van der Waals surface area contributed by atoms with Gasteiger partial charge < -0.3 is 11.1 Å². The third-order valence-electron chi connectivity index (χ3n) is 3.25. The second-order valence-corrected chi connectivity index (χ2v) is 4.69. The fourth-order valence-electron chi connectivity index (χ4n) is 2.13. The summed E-state index contributed by atoms with van der Waals surface area (Å²) < 4.78 is 13.6. The van der Waals surface area contributed by atoms with Crippen molar-refractivity contribution in [3.05, 3.63) is 60.0 Å². The number of pyridine rings is 1. The van der Waals surface area contributed by atoms with Crippen LogP contribution in [0, 0.1) is 12.7 Å². The van der Waals surface area contributed by atoms with Crippen LogP contribution in [-0.4, -0.2) is 4.98 Å². The summed E-state index contributed by atoms with van der Waals surface area (Å²) >= 11 is 0. The minimum Gasteiger partial charge on any atom is -0.397 e. The van der Waals surface area contributed by atoms with Crippen molar-refractivity contribution in [1.82, 2.24) is 4.98 Å². The number of halogens is 1. The summed E-state index contributed by atoms with van der Waals surface area (Å²) in [5, 5.41) is 4.12. The van der Waals surface area contributed by atoms with E-state index in [1.807, 2.05) is 24.3 Å². The zero-order chi connectivity index (χ0) is 14.1. The number of nitrogens with two attached hydrogens (primary N) is 1. The van der Waals surface area contributed by atoms with Gasteiger partial charge >= 0.3 is 0 Å². The topological polar surface area (TPSA) is 50.9 Å². The van der Waals surface area contributed by atoms with Crippen LogP contribution in [0.1, 0.15) is 5.56 Å². The van der Waals surface area contributed by atoms with E-state index in [2.05, 4.69) is 10.3 Å². The fraction of sp³-hybridized carbons (Fsp3) is 0.0625. The van der Waals surface area contributed by atoms with Gasteiger partial charge in [0.1, 0.15) is 5.82 Å². The summed E-state index contributed by atoms with van der Waals surface area (Å²) in [6.07, 6.45) is 1.70. The lowest BCUT2D eigenvalue weighted by Gasteiger charge is -2.11. The van der Waals surface area contributed by atoms with E-state index in [4.69, 9.17) is 5.73 Å². The summed E-state index contributed by atoms with van der Waals surface area (Å²) in [5.41, 5.74) is 9.45. The quantitative estimate of drug-likeness (QED) is 0.690. The number of nitrogen functional groups attached to an aromatic ring is 1. The summed E-state index contributed by atoms with van der Waals surface area (Å²) in [4.78, 5) is 4.28. The molecular formula is C16H14FN3. The Kier molecular flexibility index (Phi) is 2.99. The van der Waals surface area contributed by atoms with Gasteiger partial charge in [-0.1, -0.05) is 6.07 Å². The standard InChI is InChI=1S/C16H14FN3/c1-10-4-5-11(9-13(10)17)20-15-7-6-14(18)16-12(15)3-2-8-19-16/h2-9,20H,18H2,1H3. The molecule has 20 heavy (non-hydrogen) atoms. The minimum absolute atomic E-state index is 0.229. The smallest absolute Gasteiger partial charge is 0.128 e. The lowest BCUT2D eigenvalue weighted by molar-refractivity contribution is 0.619. The first-order valence-electron chi connectivity index (χ1n) is 6.31. The van der Waals surface area contributed by atoms with Gasteiger partial charge in [0, 0.05) is 23.0 Å². The monoisotopic (exact) mass is 267 g/mol. The number of aromatic nitrogens is 1. The number of benzene rings is 2. The molecule has 0 aliphatic heterocycles. The van der Waals surface area contributed by atoms with E-state index in [0.29, 0.717) is 16.9 Å². The van der Waals surface area contributed by atoms with Crippen molar-refractivity contribution in [1.29, 1.82) is 0 Å². The number of nitrogens with zero attached hydrogens (tertiary/aromatic N) is 1. The van der Waals surface area contributed by atoms with Gasteiger partial charge in [-0.25, -0.2) is 4.39 Å². The molecule has 3 nitrogen and oxygen atoms in total. The van der Waals surface area contributed by atoms with Gasteiger partial charge in [-0.15, -0.1) is 0 Å². The molecular weight excluding hydrogens is 253 g/mol. The zero-order valence-electron chi connectivity index (χ0n) is 11.0. The first-order valence-corrected chi connectivity index (χ1v) is 6.31. The van der Waals surface area contributed by atoms with Crippen molar-refractivity contribution in [3.8, 4) is 0 Å². The van der Waals surface area contributed by atoms with Crippen LogP contribution in [0.15, 0.2) is 48.7 Å². The number of hydrogen-bond donors (Lipinski definition) is 2. The number of fused-ring (bicyclic) bond motifs is 1. The molecule has 3 rings (SSSR count). The van der Waals surface area contributed by atoms with E-state index in [1.54, 1.807) is 25.3 Å². The minimum atomic E-state index is -0.229. The molecule has 0 fully saturated rings. The van der Waals surface area contributed by atoms with Gasteiger partial charge in [0.25, 0.3) is 0 Å². The van der Waals surface area contributed by atoms with Gasteiger partial charge in [0.2, 0.25) is 0 Å². The Morgan fingerprint density at radius 1 is 1.15 bits per heavy atom. The number of hydrogen-bond acceptors (Lipinski definition) is 3. The van der Waals surface area contributed by atoms with E-state index >= 15 is 0 Å². The highest BCUT2D eigenvalue weighted by molar-refractivity contribution is 5.99. The van der Waals surface area contributed by atoms with Crippen LogP contribution in [0.2, 0.25) is 0 Å². The Morgan fingerprint density at radius 3 is 2.80 bits per heavy atom. The second-order valence-electron chi connectivity index (χ2n) is 4.69. The molecule has 3 aromatic rings. The summed E-state index contributed by atoms with van der Waals surface area (Å²) in [6.45, 7) is 1.74. The van der Waals surface area contributed by atoms with Crippen LogP contribution in [0.4, 0.5) is 21.5 Å². The molecule has 0 saturated heterocycles. The van der Waals surface area contributed by atoms with E-state index < -0.39 is 0 Å². The second kappa shape index (κ2) is 4.81. The van der Waals surface area contributed by atoms with Gasteiger partial charge in [-0.2, -0.15) is 0 Å². The predicted octanol–water partition coefficient (Wildman–Crippen LogP) is 4.01. The van der Waals surface area contributed by atoms with Crippen molar-refractivity contribution >= 4 is 28.0 Å². The van der Waals surface area contributed by atoms with E-state index in [1.165, 1.54) is 6.07 Å². The van der Waals surface area contributed by atoms with E-state index in [-0.39, 0.29) is 5.82 Å². The van der Waals surface area contributed by atoms with Crippen LogP contribution >= 0.6 is 0 Å². The molecule has 4 heteroatoms. The normalized spacial score (nSPS) is 10.7. The van der Waals surface area contributed by atoms with Crippen LogP contribution in [0.25, 0.3) is 10.9 Å². The van der Waals surface area contributed by atoms with Crippen LogP contribution in [0.3, 0.4) is 0 Å². The molecule has 0 bridgehead atoms. The number of nitrogens with one attached hydrogen (secondary N) is 1. The third kappa shape index (κ3) is 2.16. The van der Waals surface area contributed by atoms with Gasteiger partial charge in [-0.05, 0) is 48.9 Å². The zero-order valence-corrected chi connectivity index (χ0v) is 11.0. The largest absolute Gasteiger partial charge is 0.397 e. The molecule has 2 aromatic carbocycles. The van der Waals surface area contributed by atoms with Gasteiger partial charge in [0.15, 0.2) is 0 Å². The molecule has 0 saturated carbocycles. The predicted molar refractivity (Wildman–Crippen MR) is 80.6 cm³/mol. The van der Waals surface area contributed by atoms with Crippen LogP contribution in [-0.2, 0) is 0 Å². The Bertz CT molecular complexity index is 784. The van der Waals surface area contributed by atoms with Crippen molar-refractivity contribution in [3.63, 3.8) is 0 Å². The van der Waals surface area contributed by atoms with Crippen molar-refractivity contribution in [2.75, 3.05) is 11.1 Å². The molecule has 0 amide bonds. The van der Waals surface area contributed by atoms with Crippen molar-refractivity contribution in [2.24, 2.45) is 0 Å². The average Bonchev–Trinajstić information content (AvgIpc) is 2.46. The third-order valence-corrected chi connectivity index (χ3v) is 3.25. The van der Waals surface area contributed by atoms with Crippen LogP contribution < -0.4 is 11.1 Å². The Morgan fingerprint density at radius 2 is 2.00 bits per heavy atom. The highest BCUT2D eigenvalue weighted by Crippen LogP contribution is 2.29. The SMILES string of the molecule is Cc1ccc(Nc2ccc(N)c3ncccc23)cc1F. The van der Waals surface area contributed by atoms with Crippen LogP contribution in [0.5, 0.6) is 0 Å². The molecule has 0 atom stereocenters. The van der Waals surface area contributed by atoms with E-state index in [0.717, 1.165) is 16.6 Å². The maximum Gasteiger partial charge on any atom is 0.128 e. The molecule has 3 N–H and O–H groups in total. The maximum absolute atomic E-state index is 13.6. The Hall–Kier alpha value is -2.62. The summed E-state index contributed by atoms with van der Waals surface area (Å²) in [5.74, 6) is -0.229. The summed E-state index contributed by atoms with van der Waals surface area (Å²) in [6, 6.07) is 12.5. The lowest BCUT2D eigenvalue weighted by atomic mass is 10.1. The first-order chi connectivity index (χ1) is 9.65. The number of anilines is 3. The molecule has 0 radical (unpaired) electrons. The maximum atomic E-state index is 13.6. The fourth-order valence-corrected chi connectivity index (χ4v) is 2.13. The average molecular weight is 267 g/mol. The first kappa shape index (κ1) is 12.4. The highest BCUT2D eigenvalue weighted by Gasteiger charge is 2.06. The van der Waals surface area contributed by atoms with E-state index in [9.17, 15) is 4.39 Å². The number of rotatable bonds is 2. The Balaban J connectivity index is 2.06. The highest BCUT2D eigenvalue weighted by atomic mass is 19.1. The summed E-state index contributed by atoms with van der Waals surface area (Å²) in [7, 11) is 0. The molecule has 0 aliphatic carbocycles. The molecule has 0 aliphatic rings. The van der Waals surface area contributed by atoms with Crippen molar-refractivity contribution < 1.29 is 4.39 Å². The molecule has 1 aromatic heterocycles. The molecule has 1 heterocycles. The molecule has 0 unspecified atom stereocenters. The van der Waals surface area contributed by atoms with Crippen molar-refractivity contribution in [2.45, 2.75) is 6.92 Å². The number of aryl methyl sites for hydroxylation is 1.